The monoisotopic (exact) mass is 255 g/mol. The summed E-state index contributed by atoms with van der Waals surface area (Å²) in [5.41, 5.74) is 1.17. The summed E-state index contributed by atoms with van der Waals surface area (Å²) in [6.07, 6.45) is 0.644. The minimum absolute atomic E-state index is 0.203. The van der Waals surface area contributed by atoms with Gasteiger partial charge in [0.25, 0.3) is 0 Å². The zero-order chi connectivity index (χ0) is 12.9. The molecule has 0 aliphatic heterocycles. The van der Waals surface area contributed by atoms with Crippen LogP contribution in [0.4, 0.5) is 0 Å². The van der Waals surface area contributed by atoms with Gasteiger partial charge in [-0.15, -0.1) is 0 Å². The summed E-state index contributed by atoms with van der Waals surface area (Å²) in [6.45, 7) is 4.91. The molecule has 0 aliphatic carbocycles. The van der Waals surface area contributed by atoms with Gasteiger partial charge < -0.3 is 5.32 Å². The maximum Gasteiger partial charge on any atom is 0.178 e. The van der Waals surface area contributed by atoms with Crippen LogP contribution in [-0.2, 0) is 9.84 Å². The van der Waals surface area contributed by atoms with Gasteiger partial charge in [0.1, 0.15) is 0 Å². The predicted octanol–water partition coefficient (Wildman–Crippen LogP) is 2.19. The van der Waals surface area contributed by atoms with Crippen LogP contribution in [0.3, 0.4) is 0 Å². The molecule has 0 radical (unpaired) electrons. The summed E-state index contributed by atoms with van der Waals surface area (Å²) in [6, 6.07) is 7.22. The van der Waals surface area contributed by atoms with Crippen LogP contribution >= 0.6 is 0 Å². The normalized spacial score (nSPS) is 12.0. The van der Waals surface area contributed by atoms with Gasteiger partial charge in [-0.05, 0) is 43.6 Å². The summed E-state index contributed by atoms with van der Waals surface area (Å²) < 4.78 is 23.9. The Labute approximate surface area is 104 Å². The van der Waals surface area contributed by atoms with Crippen molar-refractivity contribution < 1.29 is 8.42 Å². The molecule has 1 N–H and O–H groups in total. The Morgan fingerprint density at radius 3 is 2.24 bits per heavy atom. The van der Waals surface area contributed by atoms with Gasteiger partial charge in [0.2, 0.25) is 0 Å². The summed E-state index contributed by atoms with van der Waals surface area (Å²) >= 11 is 0. The molecule has 0 amide bonds. The Morgan fingerprint density at radius 2 is 1.76 bits per heavy atom. The molecule has 0 aliphatic rings. The third-order valence-electron chi connectivity index (χ3n) is 2.75. The largest absolute Gasteiger partial charge is 0.320 e. The molecule has 0 bridgehead atoms. The molecule has 0 fully saturated rings. The first-order valence-corrected chi connectivity index (χ1v) is 7.60. The predicted molar refractivity (Wildman–Crippen MR) is 71.1 cm³/mol. The van der Waals surface area contributed by atoms with Gasteiger partial charge in [-0.3, -0.25) is 0 Å². The highest BCUT2D eigenvalue weighted by Crippen LogP contribution is 2.18. The quantitative estimate of drug-likeness (QED) is 0.793. The lowest BCUT2D eigenvalue weighted by molar-refractivity contribution is 0.591. The van der Waals surface area contributed by atoms with Crippen molar-refractivity contribution in [3.8, 4) is 0 Å². The average Bonchev–Trinajstić information content (AvgIpc) is 2.29. The first-order chi connectivity index (χ1) is 7.97. The highest BCUT2D eigenvalue weighted by atomic mass is 32.2. The van der Waals surface area contributed by atoms with Gasteiger partial charge in [0.05, 0.1) is 10.6 Å². The molecule has 96 valence electrons. The molecular weight excluding hydrogens is 234 g/mol. The minimum Gasteiger partial charge on any atom is -0.320 e. The number of hydrogen-bond acceptors (Lipinski definition) is 3. The molecule has 17 heavy (non-hydrogen) atoms. The molecule has 1 aromatic rings. The number of sulfone groups is 1. The van der Waals surface area contributed by atoms with E-state index in [2.05, 4.69) is 19.2 Å². The lowest BCUT2D eigenvalue weighted by atomic mass is 10.0. The third-order valence-corrected chi connectivity index (χ3v) is 4.56. The van der Waals surface area contributed by atoms with Gasteiger partial charge in [0, 0.05) is 0 Å². The highest BCUT2D eigenvalue weighted by Gasteiger charge is 2.13. The Morgan fingerprint density at radius 1 is 1.18 bits per heavy atom. The Bertz CT molecular complexity index is 435. The van der Waals surface area contributed by atoms with Crippen molar-refractivity contribution in [2.24, 2.45) is 0 Å². The van der Waals surface area contributed by atoms with Crippen LogP contribution in [0.15, 0.2) is 29.2 Å². The summed E-state index contributed by atoms with van der Waals surface area (Å²) in [5, 5.41) is 2.95. The molecule has 3 nitrogen and oxygen atoms in total. The van der Waals surface area contributed by atoms with Crippen molar-refractivity contribution >= 4 is 9.84 Å². The molecule has 0 spiro atoms. The molecule has 0 atom stereocenters. The van der Waals surface area contributed by atoms with E-state index in [4.69, 9.17) is 0 Å². The van der Waals surface area contributed by atoms with Crippen LogP contribution in [0.5, 0.6) is 0 Å². The molecule has 0 aromatic heterocycles. The van der Waals surface area contributed by atoms with Crippen molar-refractivity contribution in [3.05, 3.63) is 29.8 Å². The van der Waals surface area contributed by atoms with Crippen LogP contribution < -0.4 is 5.32 Å². The third kappa shape index (κ3) is 4.13. The van der Waals surface area contributed by atoms with Gasteiger partial charge >= 0.3 is 0 Å². The molecule has 0 saturated heterocycles. The van der Waals surface area contributed by atoms with Crippen LogP contribution in [0.1, 0.15) is 31.7 Å². The molecule has 1 aromatic carbocycles. The van der Waals surface area contributed by atoms with Crippen LogP contribution in [0, 0.1) is 0 Å². The summed E-state index contributed by atoms with van der Waals surface area (Å²) in [4.78, 5) is 0.429. The van der Waals surface area contributed by atoms with E-state index in [1.165, 1.54) is 5.56 Å². The van der Waals surface area contributed by atoms with Gasteiger partial charge in [-0.2, -0.15) is 0 Å². The molecule has 0 heterocycles. The smallest absolute Gasteiger partial charge is 0.178 e. The standard InChI is InChI=1S/C13H21NO2S/c1-11(2)12-5-7-13(8-6-12)17(15,16)10-4-9-14-3/h5-8,11,14H,4,9-10H2,1-3H3. The number of rotatable bonds is 6. The zero-order valence-electron chi connectivity index (χ0n) is 10.7. The van der Waals surface area contributed by atoms with Crippen LogP contribution in [0.2, 0.25) is 0 Å². The van der Waals surface area contributed by atoms with E-state index in [0.29, 0.717) is 17.2 Å². The average molecular weight is 255 g/mol. The van der Waals surface area contributed by atoms with E-state index in [-0.39, 0.29) is 5.75 Å². The van der Waals surface area contributed by atoms with Crippen molar-refractivity contribution in [1.29, 1.82) is 0 Å². The molecule has 1 rings (SSSR count). The molecular formula is C13H21NO2S. The number of hydrogen-bond donors (Lipinski definition) is 1. The van der Waals surface area contributed by atoms with Gasteiger partial charge in [-0.1, -0.05) is 26.0 Å². The SMILES string of the molecule is CNCCCS(=O)(=O)c1ccc(C(C)C)cc1. The summed E-state index contributed by atoms with van der Waals surface area (Å²) in [7, 11) is -1.29. The van der Waals surface area contributed by atoms with Crippen molar-refractivity contribution in [2.45, 2.75) is 31.1 Å². The Hall–Kier alpha value is -0.870. The number of nitrogens with one attached hydrogen (secondary N) is 1. The van der Waals surface area contributed by atoms with Crippen molar-refractivity contribution in [1.82, 2.24) is 5.32 Å². The fraction of sp³-hybridized carbons (Fsp3) is 0.538. The topological polar surface area (TPSA) is 46.2 Å². The van der Waals surface area contributed by atoms with E-state index >= 15 is 0 Å². The second-order valence-electron chi connectivity index (χ2n) is 4.50. The van der Waals surface area contributed by atoms with E-state index in [0.717, 1.165) is 6.54 Å². The maximum absolute atomic E-state index is 12.0. The Kier molecular flexibility index (Phi) is 5.15. The Balaban J connectivity index is 2.78. The fourth-order valence-corrected chi connectivity index (χ4v) is 2.93. The first-order valence-electron chi connectivity index (χ1n) is 5.94. The van der Waals surface area contributed by atoms with E-state index in [1.807, 2.05) is 19.2 Å². The van der Waals surface area contributed by atoms with Gasteiger partial charge in [0.15, 0.2) is 9.84 Å². The van der Waals surface area contributed by atoms with E-state index < -0.39 is 9.84 Å². The van der Waals surface area contributed by atoms with E-state index in [9.17, 15) is 8.42 Å². The zero-order valence-corrected chi connectivity index (χ0v) is 11.5. The lowest BCUT2D eigenvalue weighted by Gasteiger charge is -2.08. The number of benzene rings is 1. The first kappa shape index (κ1) is 14.2. The maximum atomic E-state index is 12.0. The second-order valence-corrected chi connectivity index (χ2v) is 6.61. The molecule has 0 saturated carbocycles. The fourth-order valence-electron chi connectivity index (χ4n) is 1.62. The minimum atomic E-state index is -3.11. The lowest BCUT2D eigenvalue weighted by Crippen LogP contribution is -2.14. The van der Waals surface area contributed by atoms with Crippen molar-refractivity contribution in [2.75, 3.05) is 19.3 Å². The molecule has 4 heteroatoms. The van der Waals surface area contributed by atoms with Crippen LogP contribution in [-0.4, -0.2) is 27.8 Å². The highest BCUT2D eigenvalue weighted by molar-refractivity contribution is 7.91. The second kappa shape index (κ2) is 6.17. The van der Waals surface area contributed by atoms with Gasteiger partial charge in [-0.25, -0.2) is 8.42 Å². The van der Waals surface area contributed by atoms with Crippen molar-refractivity contribution in [3.63, 3.8) is 0 Å². The van der Waals surface area contributed by atoms with E-state index in [1.54, 1.807) is 12.1 Å². The van der Waals surface area contributed by atoms with Crippen LogP contribution in [0.25, 0.3) is 0 Å². The molecule has 0 unspecified atom stereocenters. The summed E-state index contributed by atoms with van der Waals surface area (Å²) in [5.74, 6) is 0.630.